The Morgan fingerprint density at radius 2 is 2.20 bits per heavy atom. The predicted molar refractivity (Wildman–Crippen MR) is 69.5 cm³/mol. The van der Waals surface area contributed by atoms with Gasteiger partial charge in [-0.15, -0.1) is 0 Å². The number of rotatable bonds is 2. The van der Waals surface area contributed by atoms with Crippen LogP contribution in [0.5, 0.6) is 0 Å². The quantitative estimate of drug-likeness (QED) is 0.899. The van der Waals surface area contributed by atoms with Crippen LogP contribution in [0, 0.1) is 11.7 Å². The van der Waals surface area contributed by atoms with Crippen LogP contribution >= 0.6 is 0 Å². The Morgan fingerprint density at radius 1 is 1.40 bits per heavy atom. The third kappa shape index (κ3) is 1.95. The normalized spacial score (nSPS) is 33.0. The van der Waals surface area contributed by atoms with Gasteiger partial charge in [-0.1, -0.05) is 18.2 Å². The van der Waals surface area contributed by atoms with E-state index in [0.717, 1.165) is 0 Å². The second-order valence-corrected chi connectivity index (χ2v) is 5.11. The molecule has 0 radical (unpaired) electrons. The molecule has 1 fully saturated rings. The Kier molecular flexibility index (Phi) is 3.33. The standard InChI is InChI=1S/C14H16F2N2O2/c15-8-14(9-3-1-2-4-11(9)16)10-7-19-6-5-12(10)20-13(17)18-14/h1-4,10,12H,5-8H2,(H2,17,18)/t10-,12+,14+/m0/s1. The van der Waals surface area contributed by atoms with Gasteiger partial charge < -0.3 is 15.2 Å². The molecule has 1 aromatic rings. The molecular weight excluding hydrogens is 266 g/mol. The van der Waals surface area contributed by atoms with Crippen molar-refractivity contribution in [3.63, 3.8) is 0 Å². The van der Waals surface area contributed by atoms with Gasteiger partial charge in [0.25, 0.3) is 6.02 Å². The molecule has 3 rings (SSSR count). The maximum Gasteiger partial charge on any atom is 0.283 e. The van der Waals surface area contributed by atoms with Gasteiger partial charge in [0.15, 0.2) is 0 Å². The zero-order valence-electron chi connectivity index (χ0n) is 10.9. The van der Waals surface area contributed by atoms with Gasteiger partial charge in [-0.05, 0) is 6.07 Å². The monoisotopic (exact) mass is 282 g/mol. The van der Waals surface area contributed by atoms with Gasteiger partial charge in [-0.3, -0.25) is 0 Å². The zero-order chi connectivity index (χ0) is 14.2. The van der Waals surface area contributed by atoms with E-state index in [-0.39, 0.29) is 30.2 Å². The van der Waals surface area contributed by atoms with Gasteiger partial charge in [0.2, 0.25) is 0 Å². The second kappa shape index (κ2) is 5.01. The van der Waals surface area contributed by atoms with E-state index >= 15 is 0 Å². The van der Waals surface area contributed by atoms with E-state index < -0.39 is 18.0 Å². The average Bonchev–Trinajstić information content (AvgIpc) is 2.46. The fourth-order valence-electron chi connectivity index (χ4n) is 3.04. The third-order valence-electron chi connectivity index (χ3n) is 4.03. The van der Waals surface area contributed by atoms with Gasteiger partial charge in [0.05, 0.1) is 19.1 Å². The lowest BCUT2D eigenvalue weighted by Crippen LogP contribution is -2.54. The number of hydrogen-bond acceptors (Lipinski definition) is 4. The molecular formula is C14H16F2N2O2. The van der Waals surface area contributed by atoms with Gasteiger partial charge in [-0.2, -0.15) is 0 Å². The van der Waals surface area contributed by atoms with Crippen molar-refractivity contribution in [1.29, 1.82) is 0 Å². The van der Waals surface area contributed by atoms with Crippen LogP contribution in [-0.2, 0) is 15.0 Å². The van der Waals surface area contributed by atoms with Crippen molar-refractivity contribution < 1.29 is 18.3 Å². The summed E-state index contributed by atoms with van der Waals surface area (Å²) in [5.41, 5.74) is 4.52. The molecule has 1 aromatic carbocycles. The van der Waals surface area contributed by atoms with Crippen LogP contribution in [0.2, 0.25) is 0 Å². The van der Waals surface area contributed by atoms with Crippen molar-refractivity contribution in [3.8, 4) is 0 Å². The lowest BCUT2D eigenvalue weighted by molar-refractivity contribution is -0.0785. The smallest absolute Gasteiger partial charge is 0.283 e. The summed E-state index contributed by atoms with van der Waals surface area (Å²) >= 11 is 0. The molecule has 1 saturated heterocycles. The van der Waals surface area contributed by atoms with Crippen LogP contribution in [0.15, 0.2) is 29.3 Å². The van der Waals surface area contributed by atoms with E-state index in [1.807, 2.05) is 0 Å². The molecule has 2 aliphatic rings. The fourth-order valence-corrected chi connectivity index (χ4v) is 3.04. The van der Waals surface area contributed by atoms with E-state index in [0.29, 0.717) is 13.0 Å². The Balaban J connectivity index is 2.14. The average molecular weight is 282 g/mol. The van der Waals surface area contributed by atoms with Crippen LogP contribution in [-0.4, -0.2) is 32.0 Å². The molecule has 2 aliphatic heterocycles. The summed E-state index contributed by atoms with van der Waals surface area (Å²) in [6.07, 6.45) is 0.300. The largest absolute Gasteiger partial charge is 0.462 e. The number of halogens is 2. The number of amidine groups is 1. The Labute approximate surface area is 115 Å². The molecule has 0 unspecified atom stereocenters. The molecule has 3 atom stereocenters. The summed E-state index contributed by atoms with van der Waals surface area (Å²) in [5, 5.41) is 0. The topological polar surface area (TPSA) is 56.8 Å². The summed E-state index contributed by atoms with van der Waals surface area (Å²) < 4.78 is 38.9. The van der Waals surface area contributed by atoms with Crippen molar-refractivity contribution in [3.05, 3.63) is 35.6 Å². The predicted octanol–water partition coefficient (Wildman–Crippen LogP) is 1.74. The SMILES string of the molecule is NC1=N[C@](CF)(c2ccccc2F)[C@H]2COCC[C@H]2O1. The first-order valence-corrected chi connectivity index (χ1v) is 6.58. The Bertz CT molecular complexity index is 538. The van der Waals surface area contributed by atoms with Gasteiger partial charge >= 0.3 is 0 Å². The number of nitrogens with zero attached hydrogens (tertiary/aromatic N) is 1. The van der Waals surface area contributed by atoms with Crippen molar-refractivity contribution in [1.82, 2.24) is 0 Å². The van der Waals surface area contributed by atoms with Crippen molar-refractivity contribution in [2.45, 2.75) is 18.1 Å². The van der Waals surface area contributed by atoms with Gasteiger partial charge in [-0.25, -0.2) is 13.8 Å². The molecule has 2 heterocycles. The summed E-state index contributed by atoms with van der Waals surface area (Å²) in [6.45, 7) is -0.0453. The molecule has 0 bridgehead atoms. The number of nitrogens with two attached hydrogens (primary N) is 1. The fraction of sp³-hybridized carbons (Fsp3) is 0.500. The first-order chi connectivity index (χ1) is 9.67. The number of ether oxygens (including phenoxy) is 2. The highest BCUT2D eigenvalue weighted by atomic mass is 19.1. The number of hydrogen-bond donors (Lipinski definition) is 1. The highest BCUT2D eigenvalue weighted by Gasteiger charge is 2.51. The summed E-state index contributed by atoms with van der Waals surface area (Å²) in [5.74, 6) is -0.877. The molecule has 20 heavy (non-hydrogen) atoms. The molecule has 108 valence electrons. The van der Waals surface area contributed by atoms with Crippen LogP contribution in [0.1, 0.15) is 12.0 Å². The number of fused-ring (bicyclic) bond motifs is 1. The Hall–Kier alpha value is -1.69. The molecule has 0 spiro atoms. The van der Waals surface area contributed by atoms with E-state index in [4.69, 9.17) is 15.2 Å². The number of alkyl halides is 1. The van der Waals surface area contributed by atoms with E-state index in [1.165, 1.54) is 6.07 Å². The lowest BCUT2D eigenvalue weighted by Gasteiger charge is -2.45. The molecule has 0 amide bonds. The summed E-state index contributed by atoms with van der Waals surface area (Å²) in [4.78, 5) is 4.12. The van der Waals surface area contributed by atoms with Gasteiger partial charge in [0, 0.05) is 12.0 Å². The summed E-state index contributed by atoms with van der Waals surface area (Å²) in [6, 6.07) is 5.98. The molecule has 0 aliphatic carbocycles. The minimum atomic E-state index is -1.36. The molecule has 4 nitrogen and oxygen atoms in total. The minimum absolute atomic E-state index is 0.0888. The van der Waals surface area contributed by atoms with E-state index in [1.54, 1.807) is 18.2 Å². The van der Waals surface area contributed by atoms with Crippen molar-refractivity contribution in [2.24, 2.45) is 16.6 Å². The van der Waals surface area contributed by atoms with Crippen molar-refractivity contribution >= 4 is 6.02 Å². The lowest BCUT2D eigenvalue weighted by atomic mass is 9.74. The van der Waals surface area contributed by atoms with Gasteiger partial charge in [0.1, 0.15) is 24.1 Å². The zero-order valence-corrected chi connectivity index (χ0v) is 10.9. The van der Waals surface area contributed by atoms with Crippen LogP contribution in [0.25, 0.3) is 0 Å². The second-order valence-electron chi connectivity index (χ2n) is 5.11. The third-order valence-corrected chi connectivity index (χ3v) is 4.03. The van der Waals surface area contributed by atoms with E-state index in [2.05, 4.69) is 4.99 Å². The maximum atomic E-state index is 14.1. The number of benzene rings is 1. The van der Waals surface area contributed by atoms with Crippen LogP contribution < -0.4 is 5.73 Å². The molecule has 2 N–H and O–H groups in total. The minimum Gasteiger partial charge on any atom is -0.462 e. The molecule has 0 saturated carbocycles. The van der Waals surface area contributed by atoms with Crippen LogP contribution in [0.3, 0.4) is 0 Å². The highest BCUT2D eigenvalue weighted by Crippen LogP contribution is 2.43. The molecule has 0 aromatic heterocycles. The maximum absolute atomic E-state index is 14.1. The number of aliphatic imine (C=N–C) groups is 1. The highest BCUT2D eigenvalue weighted by molar-refractivity contribution is 5.73. The first-order valence-electron chi connectivity index (χ1n) is 6.58. The molecule has 6 heteroatoms. The summed E-state index contributed by atoms with van der Waals surface area (Å²) in [7, 11) is 0. The van der Waals surface area contributed by atoms with E-state index in [9.17, 15) is 8.78 Å². The van der Waals surface area contributed by atoms with Crippen molar-refractivity contribution in [2.75, 3.05) is 19.9 Å². The Morgan fingerprint density at radius 3 is 2.95 bits per heavy atom. The first kappa shape index (κ1) is 13.3. The van der Waals surface area contributed by atoms with Crippen LogP contribution in [0.4, 0.5) is 8.78 Å².